The summed E-state index contributed by atoms with van der Waals surface area (Å²) in [6.45, 7) is 0. The maximum absolute atomic E-state index is 14.4. The molecule has 5 rings (SSSR count). The number of carbonyl (C=O) groups is 1. The molecule has 10 heteroatoms. The summed E-state index contributed by atoms with van der Waals surface area (Å²) in [6, 6.07) is 11.7. The number of rotatable bonds is 6. The number of aromatic amines is 1. The van der Waals surface area contributed by atoms with Crippen molar-refractivity contribution in [1.82, 2.24) is 20.2 Å². The Morgan fingerprint density at radius 3 is 2.46 bits per heavy atom. The van der Waals surface area contributed by atoms with E-state index in [1.807, 2.05) is 0 Å². The molecule has 1 fully saturated rings. The number of carboxylic acids is 1. The lowest BCUT2D eigenvalue weighted by molar-refractivity contribution is -0.138. The Morgan fingerprint density at radius 2 is 1.81 bits per heavy atom. The molecule has 188 valence electrons. The van der Waals surface area contributed by atoms with E-state index in [9.17, 15) is 22.4 Å². The summed E-state index contributed by atoms with van der Waals surface area (Å²) >= 11 is 0. The van der Waals surface area contributed by atoms with Gasteiger partial charge in [0.1, 0.15) is 6.33 Å². The molecule has 0 aliphatic heterocycles. The van der Waals surface area contributed by atoms with Gasteiger partial charge in [0.05, 0.1) is 22.2 Å². The van der Waals surface area contributed by atoms with Crippen LogP contribution in [0.3, 0.4) is 0 Å². The van der Waals surface area contributed by atoms with E-state index in [1.165, 1.54) is 6.08 Å². The highest BCUT2D eigenvalue weighted by Gasteiger charge is 2.39. The van der Waals surface area contributed by atoms with Crippen molar-refractivity contribution in [2.75, 3.05) is 0 Å². The van der Waals surface area contributed by atoms with Gasteiger partial charge in [-0.1, -0.05) is 36.8 Å². The van der Waals surface area contributed by atoms with Gasteiger partial charge in [-0.15, -0.1) is 5.10 Å². The minimum absolute atomic E-state index is 0.192. The maximum atomic E-state index is 14.4. The van der Waals surface area contributed by atoms with Gasteiger partial charge in [0.15, 0.2) is 0 Å². The van der Waals surface area contributed by atoms with Crippen molar-refractivity contribution in [3.05, 3.63) is 95.0 Å². The molecule has 1 saturated carbocycles. The number of halogens is 4. The Hall–Kier alpha value is -4.34. The number of hydrogen-bond acceptors (Lipinski definition) is 4. The summed E-state index contributed by atoms with van der Waals surface area (Å²) in [7, 11) is 0. The Balaban J connectivity index is 1.80. The molecule has 4 aromatic rings. The molecule has 0 radical (unpaired) electrons. The highest BCUT2D eigenvalue weighted by Crippen LogP contribution is 2.47. The van der Waals surface area contributed by atoms with Crippen LogP contribution in [0.2, 0.25) is 0 Å². The Labute approximate surface area is 208 Å². The van der Waals surface area contributed by atoms with Gasteiger partial charge in [0.2, 0.25) is 5.95 Å². The average Bonchev–Trinajstić information content (AvgIpc) is 3.21. The zero-order valence-corrected chi connectivity index (χ0v) is 19.3. The molecule has 2 aromatic carbocycles. The first-order chi connectivity index (χ1) is 17.7. The number of allylic oxidation sites excluding steroid dienone is 1. The normalized spacial score (nSPS) is 15.1. The molecule has 1 aliphatic rings. The number of H-pyrrole nitrogens is 1. The van der Waals surface area contributed by atoms with E-state index >= 15 is 0 Å². The van der Waals surface area contributed by atoms with E-state index in [0.717, 1.165) is 25.0 Å². The largest absolute Gasteiger partial charge is 0.478 e. The van der Waals surface area contributed by atoms with E-state index in [0.29, 0.717) is 46.2 Å². The standard InChI is InChI=1S/C27H20F4N4O2/c28-26-19-12-18(9-10-21(19)34-35-26)23(17-7-4-15(5-8-17)6-11-22(36)37)24(16-2-1-3-16)25-20(27(29,30)31)13-32-14-33-25/h4-14,16H,1-3H2,(H,34,35)(H,36,37). The molecule has 37 heavy (non-hydrogen) atoms. The average molecular weight is 508 g/mol. The maximum Gasteiger partial charge on any atom is 0.419 e. The second-order valence-corrected chi connectivity index (χ2v) is 8.77. The molecule has 0 bridgehead atoms. The summed E-state index contributed by atoms with van der Waals surface area (Å²) in [4.78, 5) is 18.6. The van der Waals surface area contributed by atoms with Crippen LogP contribution >= 0.6 is 0 Å². The van der Waals surface area contributed by atoms with Crippen LogP contribution in [-0.2, 0) is 11.0 Å². The molecule has 2 heterocycles. The van der Waals surface area contributed by atoms with Gasteiger partial charge in [0, 0.05) is 12.3 Å². The second-order valence-electron chi connectivity index (χ2n) is 8.77. The van der Waals surface area contributed by atoms with Crippen molar-refractivity contribution in [3.8, 4) is 0 Å². The topological polar surface area (TPSA) is 91.8 Å². The molecule has 0 atom stereocenters. The van der Waals surface area contributed by atoms with Crippen LogP contribution in [0.1, 0.15) is 47.2 Å². The fourth-order valence-corrected chi connectivity index (χ4v) is 4.51. The van der Waals surface area contributed by atoms with Crippen molar-refractivity contribution in [2.24, 2.45) is 5.92 Å². The lowest BCUT2D eigenvalue weighted by Crippen LogP contribution is -2.20. The van der Waals surface area contributed by atoms with Crippen molar-refractivity contribution in [3.63, 3.8) is 0 Å². The van der Waals surface area contributed by atoms with E-state index in [1.54, 1.807) is 42.5 Å². The van der Waals surface area contributed by atoms with Crippen molar-refractivity contribution < 1.29 is 27.5 Å². The smallest absolute Gasteiger partial charge is 0.419 e. The lowest BCUT2D eigenvalue weighted by Gasteiger charge is -2.32. The van der Waals surface area contributed by atoms with E-state index < -0.39 is 23.7 Å². The quantitative estimate of drug-likeness (QED) is 0.233. The van der Waals surface area contributed by atoms with Crippen LogP contribution < -0.4 is 0 Å². The zero-order valence-electron chi connectivity index (χ0n) is 19.3. The third kappa shape index (κ3) is 4.87. The molecular formula is C27H20F4N4O2. The summed E-state index contributed by atoms with van der Waals surface area (Å²) in [5.74, 6) is -2.01. The van der Waals surface area contributed by atoms with Crippen molar-refractivity contribution in [2.45, 2.75) is 25.4 Å². The third-order valence-corrected chi connectivity index (χ3v) is 6.48. The molecule has 1 aliphatic carbocycles. The van der Waals surface area contributed by atoms with Gasteiger partial charge >= 0.3 is 12.1 Å². The second kappa shape index (κ2) is 9.61. The molecule has 0 unspecified atom stereocenters. The number of nitrogens with one attached hydrogen (secondary N) is 1. The predicted octanol–water partition coefficient (Wildman–Crippen LogP) is 6.37. The Kier molecular flexibility index (Phi) is 6.32. The van der Waals surface area contributed by atoms with Crippen molar-refractivity contribution in [1.29, 1.82) is 0 Å². The van der Waals surface area contributed by atoms with Crippen LogP contribution in [0.25, 0.3) is 28.1 Å². The number of alkyl halides is 3. The van der Waals surface area contributed by atoms with E-state index in [2.05, 4.69) is 20.2 Å². The van der Waals surface area contributed by atoms with Crippen LogP contribution in [-0.4, -0.2) is 31.2 Å². The number of nitrogens with zero attached hydrogens (tertiary/aromatic N) is 3. The van der Waals surface area contributed by atoms with Gasteiger partial charge in [-0.05, 0) is 64.8 Å². The summed E-state index contributed by atoms with van der Waals surface area (Å²) < 4.78 is 56.6. The summed E-state index contributed by atoms with van der Waals surface area (Å²) in [5.41, 5.74) is 1.92. The number of hydrogen-bond donors (Lipinski definition) is 2. The molecule has 6 nitrogen and oxygen atoms in total. The SMILES string of the molecule is O=C(O)C=Cc1ccc(C(=C(c2ncncc2C(F)(F)F)C2CCC2)c2ccc3[nH]nc(F)c3c2)cc1. The third-order valence-electron chi connectivity index (χ3n) is 6.48. The molecule has 0 spiro atoms. The van der Waals surface area contributed by atoms with Crippen molar-refractivity contribution >= 4 is 34.1 Å². The number of benzene rings is 2. The highest BCUT2D eigenvalue weighted by atomic mass is 19.4. The molecule has 2 N–H and O–H groups in total. The molecule has 2 aromatic heterocycles. The summed E-state index contributed by atoms with van der Waals surface area (Å²) in [6.07, 6.45) is 1.84. The molecular weight excluding hydrogens is 488 g/mol. The fourth-order valence-electron chi connectivity index (χ4n) is 4.51. The Morgan fingerprint density at radius 1 is 1.08 bits per heavy atom. The predicted molar refractivity (Wildman–Crippen MR) is 129 cm³/mol. The number of fused-ring (bicyclic) bond motifs is 1. The first-order valence-corrected chi connectivity index (χ1v) is 11.5. The van der Waals surface area contributed by atoms with Crippen LogP contribution in [0, 0.1) is 11.9 Å². The number of aromatic nitrogens is 4. The van der Waals surface area contributed by atoms with Gasteiger partial charge in [-0.25, -0.2) is 14.8 Å². The number of carboxylic acid groups (broad SMARTS) is 1. The van der Waals surface area contributed by atoms with Crippen LogP contribution in [0.5, 0.6) is 0 Å². The molecule has 0 amide bonds. The van der Waals surface area contributed by atoms with Gasteiger partial charge in [-0.2, -0.15) is 17.6 Å². The van der Waals surface area contributed by atoms with Gasteiger partial charge in [-0.3, -0.25) is 5.10 Å². The summed E-state index contributed by atoms with van der Waals surface area (Å²) in [5, 5.41) is 15.3. The monoisotopic (exact) mass is 508 g/mol. The minimum atomic E-state index is -4.68. The Bertz CT molecular complexity index is 1530. The van der Waals surface area contributed by atoms with Crippen LogP contribution in [0.4, 0.5) is 17.6 Å². The lowest BCUT2D eigenvalue weighted by atomic mass is 9.73. The van der Waals surface area contributed by atoms with Gasteiger partial charge in [0.25, 0.3) is 0 Å². The first-order valence-electron chi connectivity index (χ1n) is 11.5. The minimum Gasteiger partial charge on any atom is -0.478 e. The van der Waals surface area contributed by atoms with Gasteiger partial charge < -0.3 is 5.11 Å². The number of aliphatic carboxylic acids is 1. The van der Waals surface area contributed by atoms with Crippen LogP contribution in [0.15, 0.2) is 61.1 Å². The molecule has 0 saturated heterocycles. The fraction of sp³-hybridized carbons (Fsp3) is 0.185. The van der Waals surface area contributed by atoms with E-state index in [-0.39, 0.29) is 17.0 Å². The first kappa shape index (κ1) is 24.4. The zero-order chi connectivity index (χ0) is 26.2. The highest BCUT2D eigenvalue weighted by molar-refractivity contribution is 6.01. The van der Waals surface area contributed by atoms with E-state index in [4.69, 9.17) is 5.11 Å².